The highest BCUT2D eigenvalue weighted by Gasteiger charge is 2.20. The number of aliphatic hydroxyl groups excluding tert-OH is 1. The highest BCUT2D eigenvalue weighted by atomic mass is 35.5. The summed E-state index contributed by atoms with van der Waals surface area (Å²) in [4.78, 5) is 11.5. The van der Waals surface area contributed by atoms with Gasteiger partial charge in [-0.05, 0) is 31.6 Å². The van der Waals surface area contributed by atoms with Crippen LogP contribution in [0, 0.1) is 0 Å². The van der Waals surface area contributed by atoms with Crippen molar-refractivity contribution in [1.82, 2.24) is 10.6 Å². The van der Waals surface area contributed by atoms with Gasteiger partial charge in [0, 0.05) is 18.9 Å². The van der Waals surface area contributed by atoms with Crippen LogP contribution in [0.4, 0.5) is 0 Å². The lowest BCUT2D eigenvalue weighted by Crippen LogP contribution is -2.41. The average molecular weight is 269 g/mol. The van der Waals surface area contributed by atoms with Crippen LogP contribution in [0.1, 0.15) is 19.3 Å². The number of carbonyl (C=O) groups excluding carboxylic acids is 1. The minimum Gasteiger partial charge on any atom is -0.396 e. The van der Waals surface area contributed by atoms with Crippen LogP contribution >= 0.6 is 24.2 Å². The summed E-state index contributed by atoms with van der Waals surface area (Å²) in [6, 6.07) is 0.0347. The van der Waals surface area contributed by atoms with Crippen molar-refractivity contribution in [3.8, 4) is 0 Å². The standard InChI is InChI=1S/C10H20N2O2S.ClH/c13-6-2-7-15-8-5-12-10(14)9-3-1-4-11-9;/h9,11,13H,1-8H2,(H,12,14);1H. The third-order valence-corrected chi connectivity index (χ3v) is 3.44. The van der Waals surface area contributed by atoms with Gasteiger partial charge in [0.05, 0.1) is 6.04 Å². The molecule has 1 amide bonds. The molecule has 1 rings (SSSR count). The van der Waals surface area contributed by atoms with Crippen LogP contribution in [0.3, 0.4) is 0 Å². The van der Waals surface area contributed by atoms with Crippen molar-refractivity contribution < 1.29 is 9.90 Å². The molecule has 0 aliphatic carbocycles. The topological polar surface area (TPSA) is 61.4 Å². The van der Waals surface area contributed by atoms with Gasteiger partial charge in [-0.25, -0.2) is 0 Å². The maximum absolute atomic E-state index is 11.5. The van der Waals surface area contributed by atoms with Crippen molar-refractivity contribution in [2.75, 3.05) is 31.2 Å². The number of hydrogen-bond acceptors (Lipinski definition) is 4. The summed E-state index contributed by atoms with van der Waals surface area (Å²) >= 11 is 1.77. The number of hydrogen-bond donors (Lipinski definition) is 3. The van der Waals surface area contributed by atoms with Gasteiger partial charge in [0.15, 0.2) is 0 Å². The molecule has 0 radical (unpaired) electrons. The monoisotopic (exact) mass is 268 g/mol. The van der Waals surface area contributed by atoms with Crippen molar-refractivity contribution in [3.05, 3.63) is 0 Å². The Morgan fingerprint density at radius 2 is 2.31 bits per heavy atom. The van der Waals surface area contributed by atoms with Crippen LogP contribution in [0.15, 0.2) is 0 Å². The minimum atomic E-state index is 0. The smallest absolute Gasteiger partial charge is 0.237 e. The second kappa shape index (κ2) is 10.2. The zero-order valence-electron chi connectivity index (χ0n) is 9.41. The number of amides is 1. The van der Waals surface area contributed by atoms with Crippen molar-refractivity contribution >= 4 is 30.1 Å². The minimum absolute atomic E-state index is 0. The fourth-order valence-corrected chi connectivity index (χ4v) is 2.33. The van der Waals surface area contributed by atoms with Gasteiger partial charge in [-0.15, -0.1) is 12.4 Å². The Hall–Kier alpha value is 0.0300. The van der Waals surface area contributed by atoms with E-state index in [1.165, 1.54) is 0 Å². The normalized spacial score (nSPS) is 19.2. The number of carbonyl (C=O) groups is 1. The van der Waals surface area contributed by atoms with E-state index < -0.39 is 0 Å². The Kier molecular flexibility index (Phi) is 10.2. The van der Waals surface area contributed by atoms with E-state index in [1.807, 2.05) is 0 Å². The molecule has 6 heteroatoms. The summed E-state index contributed by atoms with van der Waals surface area (Å²) < 4.78 is 0. The molecule has 0 aromatic carbocycles. The van der Waals surface area contributed by atoms with E-state index >= 15 is 0 Å². The molecule has 1 saturated heterocycles. The van der Waals surface area contributed by atoms with Crippen LogP contribution in [0.25, 0.3) is 0 Å². The lowest BCUT2D eigenvalue weighted by atomic mass is 10.2. The van der Waals surface area contributed by atoms with E-state index in [2.05, 4.69) is 10.6 Å². The molecule has 1 heterocycles. The first kappa shape index (κ1) is 16.0. The number of aliphatic hydroxyl groups is 1. The fourth-order valence-electron chi connectivity index (χ4n) is 1.55. The Bertz CT molecular complexity index is 190. The van der Waals surface area contributed by atoms with Crippen LogP contribution in [-0.4, -0.2) is 48.3 Å². The third-order valence-electron chi connectivity index (χ3n) is 2.37. The molecule has 1 aliphatic heterocycles. The average Bonchev–Trinajstić information content (AvgIpc) is 2.76. The van der Waals surface area contributed by atoms with Crippen LogP contribution in [0.2, 0.25) is 0 Å². The Morgan fingerprint density at radius 1 is 1.50 bits per heavy atom. The van der Waals surface area contributed by atoms with Gasteiger partial charge in [0.2, 0.25) is 5.91 Å². The lowest BCUT2D eigenvalue weighted by Gasteiger charge is -2.10. The first-order valence-electron chi connectivity index (χ1n) is 5.54. The van der Waals surface area contributed by atoms with E-state index in [9.17, 15) is 4.79 Å². The largest absolute Gasteiger partial charge is 0.396 e. The zero-order valence-corrected chi connectivity index (χ0v) is 11.0. The van der Waals surface area contributed by atoms with Crippen molar-refractivity contribution in [3.63, 3.8) is 0 Å². The predicted octanol–water partition coefficient (Wildman–Crippen LogP) is 0.392. The van der Waals surface area contributed by atoms with Gasteiger partial charge < -0.3 is 15.7 Å². The van der Waals surface area contributed by atoms with E-state index in [0.717, 1.165) is 43.9 Å². The molecular weight excluding hydrogens is 248 g/mol. The van der Waals surface area contributed by atoms with Crippen LogP contribution in [-0.2, 0) is 4.79 Å². The molecular formula is C10H21ClN2O2S. The van der Waals surface area contributed by atoms with E-state index in [1.54, 1.807) is 11.8 Å². The van der Waals surface area contributed by atoms with Gasteiger partial charge >= 0.3 is 0 Å². The fraction of sp³-hybridized carbons (Fsp3) is 0.900. The van der Waals surface area contributed by atoms with E-state index in [0.29, 0.717) is 0 Å². The molecule has 1 fully saturated rings. The molecule has 0 spiro atoms. The van der Waals surface area contributed by atoms with Gasteiger partial charge in [0.1, 0.15) is 0 Å². The van der Waals surface area contributed by atoms with Gasteiger partial charge in [-0.1, -0.05) is 0 Å². The summed E-state index contributed by atoms with van der Waals surface area (Å²) in [5.41, 5.74) is 0. The summed E-state index contributed by atoms with van der Waals surface area (Å²) in [7, 11) is 0. The maximum atomic E-state index is 11.5. The molecule has 1 unspecified atom stereocenters. The van der Waals surface area contributed by atoms with Crippen molar-refractivity contribution in [2.45, 2.75) is 25.3 Å². The van der Waals surface area contributed by atoms with Crippen LogP contribution in [0.5, 0.6) is 0 Å². The molecule has 0 bridgehead atoms. The molecule has 4 nitrogen and oxygen atoms in total. The summed E-state index contributed by atoms with van der Waals surface area (Å²) in [5.74, 6) is 2.03. The maximum Gasteiger partial charge on any atom is 0.237 e. The molecule has 0 aromatic rings. The molecule has 16 heavy (non-hydrogen) atoms. The van der Waals surface area contributed by atoms with E-state index in [4.69, 9.17) is 5.11 Å². The molecule has 1 aliphatic rings. The molecule has 96 valence electrons. The second-order valence-corrected chi connectivity index (χ2v) is 4.85. The number of halogens is 1. The summed E-state index contributed by atoms with van der Waals surface area (Å²) in [6.45, 7) is 1.95. The lowest BCUT2D eigenvalue weighted by molar-refractivity contribution is -0.122. The SMILES string of the molecule is Cl.O=C(NCCSCCCO)C1CCCN1. The molecule has 0 saturated carbocycles. The molecule has 3 N–H and O–H groups in total. The van der Waals surface area contributed by atoms with Crippen molar-refractivity contribution in [2.24, 2.45) is 0 Å². The number of rotatable bonds is 7. The third kappa shape index (κ3) is 6.58. The quantitative estimate of drug-likeness (QED) is 0.585. The summed E-state index contributed by atoms with van der Waals surface area (Å²) in [6.07, 6.45) is 2.90. The summed E-state index contributed by atoms with van der Waals surface area (Å²) in [5, 5.41) is 14.6. The Balaban J connectivity index is 0.00000225. The molecule has 1 atom stereocenters. The predicted molar refractivity (Wildman–Crippen MR) is 70.3 cm³/mol. The highest BCUT2D eigenvalue weighted by Crippen LogP contribution is 2.05. The van der Waals surface area contributed by atoms with Crippen LogP contribution < -0.4 is 10.6 Å². The van der Waals surface area contributed by atoms with Crippen molar-refractivity contribution in [1.29, 1.82) is 0 Å². The van der Waals surface area contributed by atoms with Gasteiger partial charge in [0.25, 0.3) is 0 Å². The van der Waals surface area contributed by atoms with E-state index in [-0.39, 0.29) is 31.0 Å². The number of thioether (sulfide) groups is 1. The van der Waals surface area contributed by atoms with Gasteiger partial charge in [-0.2, -0.15) is 11.8 Å². The highest BCUT2D eigenvalue weighted by molar-refractivity contribution is 7.99. The second-order valence-electron chi connectivity index (χ2n) is 3.63. The molecule has 0 aromatic heterocycles. The Morgan fingerprint density at radius 3 is 2.94 bits per heavy atom. The first-order chi connectivity index (χ1) is 7.34. The first-order valence-corrected chi connectivity index (χ1v) is 6.70. The van der Waals surface area contributed by atoms with Gasteiger partial charge in [-0.3, -0.25) is 4.79 Å². The Labute approximate surface area is 107 Å². The number of nitrogens with one attached hydrogen (secondary N) is 2. The zero-order chi connectivity index (χ0) is 10.9.